The highest BCUT2D eigenvalue weighted by molar-refractivity contribution is 9.10. The first kappa shape index (κ1) is 23.4. The molecular formula is C24H34BrN5O2. The summed E-state index contributed by atoms with van der Waals surface area (Å²) in [5, 5.41) is 7.28. The summed E-state index contributed by atoms with van der Waals surface area (Å²) in [7, 11) is 0. The minimum absolute atomic E-state index is 0.0356. The van der Waals surface area contributed by atoms with Crippen LogP contribution in [0.15, 0.2) is 33.3 Å². The standard InChI is InChI=1S/C24H34BrN5O2/c1-18-9-14-29(15-10-18)13-3-11-26-24(31)20-4-2-12-30(16-20)17-22-27-23(28-32-22)19-5-7-21(25)8-6-19/h5-8,18,20H,2-4,9-17H2,1H3,(H,26,31). The Balaban J connectivity index is 1.19. The average molecular weight is 504 g/mol. The summed E-state index contributed by atoms with van der Waals surface area (Å²) in [5.41, 5.74) is 0.929. The molecule has 0 spiro atoms. The lowest BCUT2D eigenvalue weighted by Gasteiger charge is -2.31. The van der Waals surface area contributed by atoms with Gasteiger partial charge in [-0.3, -0.25) is 9.69 Å². The van der Waals surface area contributed by atoms with Crippen LogP contribution in [-0.4, -0.2) is 65.1 Å². The molecule has 0 radical (unpaired) electrons. The van der Waals surface area contributed by atoms with Crippen molar-refractivity contribution in [1.82, 2.24) is 25.3 Å². The van der Waals surface area contributed by atoms with Gasteiger partial charge < -0.3 is 14.7 Å². The van der Waals surface area contributed by atoms with Crippen molar-refractivity contribution >= 4 is 21.8 Å². The van der Waals surface area contributed by atoms with Crippen LogP contribution < -0.4 is 5.32 Å². The summed E-state index contributed by atoms with van der Waals surface area (Å²) < 4.78 is 6.49. The van der Waals surface area contributed by atoms with Gasteiger partial charge in [0.1, 0.15) is 0 Å². The summed E-state index contributed by atoms with van der Waals surface area (Å²) in [4.78, 5) is 22.0. The second-order valence-electron chi connectivity index (χ2n) is 9.26. The number of nitrogens with one attached hydrogen (secondary N) is 1. The molecule has 1 aromatic carbocycles. The average Bonchev–Trinajstić information content (AvgIpc) is 3.27. The van der Waals surface area contributed by atoms with Crippen LogP contribution >= 0.6 is 15.9 Å². The number of hydrogen-bond donors (Lipinski definition) is 1. The number of aromatic nitrogens is 2. The largest absolute Gasteiger partial charge is 0.356 e. The molecule has 1 aromatic heterocycles. The second kappa shape index (κ2) is 11.4. The maximum atomic E-state index is 12.7. The molecule has 1 N–H and O–H groups in total. The number of carbonyl (C=O) groups is 1. The van der Waals surface area contributed by atoms with Crippen LogP contribution in [0.25, 0.3) is 11.4 Å². The summed E-state index contributed by atoms with van der Waals surface area (Å²) in [6.45, 7) is 8.87. The van der Waals surface area contributed by atoms with Gasteiger partial charge in [-0.15, -0.1) is 0 Å². The Bertz CT molecular complexity index is 864. The number of likely N-dealkylation sites (tertiary alicyclic amines) is 2. The highest BCUT2D eigenvalue weighted by atomic mass is 79.9. The van der Waals surface area contributed by atoms with Crippen molar-refractivity contribution in [1.29, 1.82) is 0 Å². The lowest BCUT2D eigenvalue weighted by Crippen LogP contribution is -2.43. The first-order valence-corrected chi connectivity index (χ1v) is 12.7. The van der Waals surface area contributed by atoms with Crippen molar-refractivity contribution in [2.75, 3.05) is 39.3 Å². The zero-order valence-corrected chi connectivity index (χ0v) is 20.5. The van der Waals surface area contributed by atoms with Crippen LogP contribution in [0, 0.1) is 11.8 Å². The first-order valence-electron chi connectivity index (χ1n) is 11.9. The second-order valence-corrected chi connectivity index (χ2v) is 10.2. The van der Waals surface area contributed by atoms with Gasteiger partial charge in [-0.1, -0.05) is 28.0 Å². The lowest BCUT2D eigenvalue weighted by atomic mass is 9.97. The van der Waals surface area contributed by atoms with Crippen molar-refractivity contribution in [2.24, 2.45) is 11.8 Å². The summed E-state index contributed by atoms with van der Waals surface area (Å²) >= 11 is 3.44. The van der Waals surface area contributed by atoms with E-state index in [2.05, 4.69) is 48.1 Å². The number of nitrogens with zero attached hydrogens (tertiary/aromatic N) is 4. The fourth-order valence-corrected chi connectivity index (χ4v) is 4.85. The van der Waals surface area contributed by atoms with E-state index in [0.29, 0.717) is 18.3 Å². The first-order chi connectivity index (χ1) is 15.6. The molecule has 2 saturated heterocycles. The van der Waals surface area contributed by atoms with Crippen molar-refractivity contribution < 1.29 is 9.32 Å². The topological polar surface area (TPSA) is 74.5 Å². The fourth-order valence-electron chi connectivity index (χ4n) is 4.58. The molecule has 3 heterocycles. The molecule has 7 nitrogen and oxygen atoms in total. The molecule has 1 amide bonds. The van der Waals surface area contributed by atoms with E-state index < -0.39 is 0 Å². The Hall–Kier alpha value is -1.77. The maximum Gasteiger partial charge on any atom is 0.241 e. The zero-order valence-electron chi connectivity index (χ0n) is 18.9. The summed E-state index contributed by atoms with van der Waals surface area (Å²) in [6, 6.07) is 7.86. The Kier molecular flexibility index (Phi) is 8.32. The quantitative estimate of drug-likeness (QED) is 0.549. The Labute approximate surface area is 199 Å². The van der Waals surface area contributed by atoms with Crippen LogP contribution in [0.1, 0.15) is 44.9 Å². The van der Waals surface area contributed by atoms with E-state index in [1.807, 2.05) is 24.3 Å². The number of halogens is 1. The predicted octanol–water partition coefficient (Wildman–Crippen LogP) is 3.95. The van der Waals surface area contributed by atoms with Gasteiger partial charge in [0.2, 0.25) is 17.6 Å². The van der Waals surface area contributed by atoms with Gasteiger partial charge in [-0.25, -0.2) is 0 Å². The number of piperidine rings is 2. The Morgan fingerprint density at radius 3 is 2.72 bits per heavy atom. The number of hydrogen-bond acceptors (Lipinski definition) is 6. The highest BCUT2D eigenvalue weighted by Crippen LogP contribution is 2.22. The van der Waals surface area contributed by atoms with Gasteiger partial charge in [-0.2, -0.15) is 4.98 Å². The lowest BCUT2D eigenvalue weighted by molar-refractivity contribution is -0.126. The van der Waals surface area contributed by atoms with Crippen molar-refractivity contribution in [3.8, 4) is 11.4 Å². The maximum absolute atomic E-state index is 12.7. The van der Waals surface area contributed by atoms with Crippen LogP contribution in [0.4, 0.5) is 0 Å². The van der Waals surface area contributed by atoms with Crippen molar-refractivity contribution in [3.63, 3.8) is 0 Å². The monoisotopic (exact) mass is 503 g/mol. The SMILES string of the molecule is CC1CCN(CCCNC(=O)C2CCCN(Cc3nc(-c4ccc(Br)cc4)no3)C2)CC1. The predicted molar refractivity (Wildman–Crippen MR) is 128 cm³/mol. The normalized spacial score (nSPS) is 21.0. The van der Waals surface area contributed by atoms with Gasteiger partial charge in [-0.05, 0) is 88.5 Å². The molecule has 2 aliphatic rings. The number of benzene rings is 1. The molecule has 1 atom stereocenters. The summed E-state index contributed by atoms with van der Waals surface area (Å²) in [5.74, 6) is 2.28. The Morgan fingerprint density at radius 1 is 1.16 bits per heavy atom. The van der Waals surface area contributed by atoms with E-state index in [4.69, 9.17) is 4.52 Å². The van der Waals surface area contributed by atoms with Crippen LogP contribution in [-0.2, 0) is 11.3 Å². The van der Waals surface area contributed by atoms with Crippen LogP contribution in [0.2, 0.25) is 0 Å². The minimum Gasteiger partial charge on any atom is -0.356 e. The third-order valence-electron chi connectivity index (χ3n) is 6.63. The summed E-state index contributed by atoms with van der Waals surface area (Å²) in [6.07, 6.45) is 5.58. The molecule has 2 aliphatic heterocycles. The molecule has 0 aliphatic carbocycles. The van der Waals surface area contributed by atoms with E-state index in [0.717, 1.165) is 61.4 Å². The number of carbonyl (C=O) groups excluding carboxylic acids is 1. The third kappa shape index (κ3) is 6.62. The molecular weight excluding hydrogens is 470 g/mol. The van der Waals surface area contributed by atoms with Gasteiger partial charge in [0.15, 0.2) is 0 Å². The third-order valence-corrected chi connectivity index (χ3v) is 7.16. The molecule has 2 aromatic rings. The van der Waals surface area contributed by atoms with E-state index in [9.17, 15) is 4.79 Å². The van der Waals surface area contributed by atoms with Gasteiger partial charge in [0.05, 0.1) is 12.5 Å². The Morgan fingerprint density at radius 2 is 1.94 bits per heavy atom. The molecule has 4 rings (SSSR count). The molecule has 8 heteroatoms. The van der Waals surface area contributed by atoms with E-state index in [1.165, 1.54) is 25.9 Å². The van der Waals surface area contributed by atoms with Crippen molar-refractivity contribution in [3.05, 3.63) is 34.6 Å². The fraction of sp³-hybridized carbons (Fsp3) is 0.625. The minimum atomic E-state index is 0.0356. The van der Waals surface area contributed by atoms with Gasteiger partial charge >= 0.3 is 0 Å². The molecule has 174 valence electrons. The number of amides is 1. The van der Waals surface area contributed by atoms with Gasteiger partial charge in [0, 0.05) is 23.1 Å². The molecule has 0 saturated carbocycles. The zero-order chi connectivity index (χ0) is 22.3. The smallest absolute Gasteiger partial charge is 0.241 e. The van der Waals surface area contributed by atoms with Crippen LogP contribution in [0.5, 0.6) is 0 Å². The van der Waals surface area contributed by atoms with Gasteiger partial charge in [0.25, 0.3) is 0 Å². The molecule has 32 heavy (non-hydrogen) atoms. The number of rotatable bonds is 8. The molecule has 0 bridgehead atoms. The van der Waals surface area contributed by atoms with Crippen LogP contribution in [0.3, 0.4) is 0 Å². The highest BCUT2D eigenvalue weighted by Gasteiger charge is 2.27. The van der Waals surface area contributed by atoms with E-state index in [-0.39, 0.29) is 11.8 Å². The molecule has 2 fully saturated rings. The van der Waals surface area contributed by atoms with Crippen molar-refractivity contribution in [2.45, 2.75) is 45.6 Å². The molecule has 1 unspecified atom stereocenters. The van der Waals surface area contributed by atoms with E-state index >= 15 is 0 Å². The van der Waals surface area contributed by atoms with E-state index in [1.54, 1.807) is 0 Å².